The quantitative estimate of drug-likeness (QED) is 0.622. The number of urea groups is 1. The Bertz CT molecular complexity index is 734. The van der Waals surface area contributed by atoms with E-state index in [0.717, 1.165) is 21.5 Å². The Hall–Kier alpha value is -2.59. The Morgan fingerprint density at radius 2 is 1.22 bits per heavy atom. The molecule has 0 bridgehead atoms. The van der Waals surface area contributed by atoms with Crippen molar-refractivity contribution in [2.24, 2.45) is 0 Å². The van der Waals surface area contributed by atoms with Gasteiger partial charge >= 0.3 is 6.03 Å². The van der Waals surface area contributed by atoms with Gasteiger partial charge in [0.2, 0.25) is 0 Å². The molecular weight excluding hydrogens is 352 g/mol. The summed E-state index contributed by atoms with van der Waals surface area (Å²) >= 11 is 3.39. The summed E-state index contributed by atoms with van der Waals surface area (Å²) in [6.45, 7) is 0. The number of amides is 2. The zero-order valence-corrected chi connectivity index (χ0v) is 13.9. The normalized spacial score (nSPS) is 10.1. The molecule has 2 amide bonds. The minimum atomic E-state index is -0.204. The molecule has 0 fully saturated rings. The summed E-state index contributed by atoms with van der Waals surface area (Å²) in [5.41, 5.74) is 2.37. The van der Waals surface area contributed by atoms with Crippen LogP contribution in [0, 0.1) is 0 Å². The second-order valence-electron chi connectivity index (χ2n) is 4.94. The van der Waals surface area contributed by atoms with Gasteiger partial charge < -0.3 is 5.32 Å². The van der Waals surface area contributed by atoms with Gasteiger partial charge in [0.05, 0.1) is 11.4 Å². The summed E-state index contributed by atoms with van der Waals surface area (Å²) < 4.78 is 0.971. The van der Waals surface area contributed by atoms with E-state index in [2.05, 4.69) is 21.2 Å². The molecule has 4 heteroatoms. The first-order chi connectivity index (χ1) is 11.2. The van der Waals surface area contributed by atoms with Crippen molar-refractivity contribution in [1.82, 2.24) is 0 Å². The number of benzene rings is 3. The van der Waals surface area contributed by atoms with Gasteiger partial charge in [0.25, 0.3) is 0 Å². The lowest BCUT2D eigenvalue weighted by Crippen LogP contribution is -2.30. The average Bonchev–Trinajstić information content (AvgIpc) is 2.59. The van der Waals surface area contributed by atoms with Crippen LogP contribution in [0.1, 0.15) is 0 Å². The third kappa shape index (κ3) is 3.79. The van der Waals surface area contributed by atoms with E-state index in [-0.39, 0.29) is 6.03 Å². The molecule has 3 aromatic rings. The predicted molar refractivity (Wildman–Crippen MR) is 98.2 cm³/mol. The van der Waals surface area contributed by atoms with Crippen LogP contribution in [0.2, 0.25) is 0 Å². The van der Waals surface area contributed by atoms with Crippen LogP contribution < -0.4 is 10.2 Å². The summed E-state index contributed by atoms with van der Waals surface area (Å²) in [4.78, 5) is 14.5. The van der Waals surface area contributed by atoms with Gasteiger partial charge in [-0.1, -0.05) is 52.3 Å². The van der Waals surface area contributed by atoms with Crippen molar-refractivity contribution in [3.05, 3.63) is 89.4 Å². The molecule has 0 heterocycles. The fourth-order valence-corrected chi connectivity index (χ4v) is 2.51. The van der Waals surface area contributed by atoms with Crippen LogP contribution in [0.5, 0.6) is 0 Å². The first kappa shape index (κ1) is 15.3. The molecule has 0 atom stereocenters. The maximum Gasteiger partial charge on any atom is 0.330 e. The Morgan fingerprint density at radius 3 is 1.70 bits per heavy atom. The van der Waals surface area contributed by atoms with Crippen LogP contribution >= 0.6 is 15.9 Å². The number of para-hydroxylation sites is 2. The second-order valence-corrected chi connectivity index (χ2v) is 5.86. The Balaban J connectivity index is 1.92. The third-order valence-electron chi connectivity index (χ3n) is 3.33. The lowest BCUT2D eigenvalue weighted by Gasteiger charge is -2.23. The van der Waals surface area contributed by atoms with E-state index in [1.54, 1.807) is 4.90 Å². The first-order valence-electron chi connectivity index (χ1n) is 7.21. The van der Waals surface area contributed by atoms with Gasteiger partial charge in [0.15, 0.2) is 0 Å². The van der Waals surface area contributed by atoms with Crippen LogP contribution in [-0.2, 0) is 0 Å². The van der Waals surface area contributed by atoms with Crippen molar-refractivity contribution in [3.63, 3.8) is 0 Å². The Morgan fingerprint density at radius 1 is 0.739 bits per heavy atom. The maximum absolute atomic E-state index is 12.8. The number of nitrogens with one attached hydrogen (secondary N) is 1. The molecule has 0 saturated carbocycles. The molecule has 0 aliphatic rings. The van der Waals surface area contributed by atoms with Gasteiger partial charge in [-0.15, -0.1) is 0 Å². The number of hydrogen-bond acceptors (Lipinski definition) is 1. The van der Waals surface area contributed by atoms with Gasteiger partial charge in [-0.3, -0.25) is 4.90 Å². The Kier molecular flexibility index (Phi) is 4.74. The molecule has 23 heavy (non-hydrogen) atoms. The Labute approximate surface area is 143 Å². The van der Waals surface area contributed by atoms with E-state index < -0.39 is 0 Å². The molecule has 0 aliphatic heterocycles. The zero-order valence-electron chi connectivity index (χ0n) is 12.3. The van der Waals surface area contributed by atoms with Crippen LogP contribution in [0.25, 0.3) is 0 Å². The number of carbonyl (C=O) groups excluding carboxylic acids is 1. The number of anilines is 3. The number of hydrogen-bond donors (Lipinski definition) is 1. The fraction of sp³-hybridized carbons (Fsp3) is 0. The van der Waals surface area contributed by atoms with Crippen LogP contribution in [0.4, 0.5) is 21.9 Å². The van der Waals surface area contributed by atoms with Gasteiger partial charge in [0, 0.05) is 10.2 Å². The monoisotopic (exact) mass is 366 g/mol. The van der Waals surface area contributed by atoms with Crippen molar-refractivity contribution in [2.75, 3.05) is 10.2 Å². The lowest BCUT2D eigenvalue weighted by atomic mass is 10.2. The first-order valence-corrected chi connectivity index (χ1v) is 8.00. The molecule has 0 unspecified atom stereocenters. The summed E-state index contributed by atoms with van der Waals surface area (Å²) in [7, 11) is 0. The highest BCUT2D eigenvalue weighted by Gasteiger charge is 2.17. The van der Waals surface area contributed by atoms with Gasteiger partial charge in [-0.2, -0.15) is 0 Å². The van der Waals surface area contributed by atoms with E-state index in [1.807, 2.05) is 84.9 Å². The number of rotatable bonds is 3. The van der Waals surface area contributed by atoms with E-state index in [4.69, 9.17) is 0 Å². The van der Waals surface area contributed by atoms with Crippen LogP contribution in [0.15, 0.2) is 89.4 Å². The number of nitrogens with zero attached hydrogens (tertiary/aromatic N) is 1. The number of halogens is 1. The molecule has 0 aromatic heterocycles. The minimum Gasteiger partial charge on any atom is -0.307 e. The van der Waals surface area contributed by atoms with Gasteiger partial charge in [0.1, 0.15) is 0 Å². The van der Waals surface area contributed by atoms with E-state index in [0.29, 0.717) is 0 Å². The van der Waals surface area contributed by atoms with Crippen molar-refractivity contribution in [2.45, 2.75) is 0 Å². The fourth-order valence-electron chi connectivity index (χ4n) is 2.25. The largest absolute Gasteiger partial charge is 0.330 e. The standard InChI is InChI=1S/C19H15BrN2O/c20-15-11-13-16(14-12-15)21-19(23)22(17-7-3-1-4-8-17)18-9-5-2-6-10-18/h1-14H,(H,21,23). The highest BCUT2D eigenvalue weighted by molar-refractivity contribution is 9.10. The molecular formula is C19H15BrN2O. The predicted octanol–water partition coefficient (Wildman–Crippen LogP) is 5.82. The topological polar surface area (TPSA) is 32.3 Å². The summed E-state index contributed by atoms with van der Waals surface area (Å²) in [5, 5.41) is 2.93. The molecule has 0 saturated heterocycles. The summed E-state index contributed by atoms with van der Waals surface area (Å²) in [6, 6.07) is 26.5. The molecule has 1 N–H and O–H groups in total. The highest BCUT2D eigenvalue weighted by Crippen LogP contribution is 2.26. The van der Waals surface area contributed by atoms with E-state index in [9.17, 15) is 4.79 Å². The van der Waals surface area contributed by atoms with Gasteiger partial charge in [-0.25, -0.2) is 4.79 Å². The number of carbonyl (C=O) groups is 1. The van der Waals surface area contributed by atoms with Crippen LogP contribution in [-0.4, -0.2) is 6.03 Å². The third-order valence-corrected chi connectivity index (χ3v) is 3.86. The minimum absolute atomic E-state index is 0.204. The smallest absolute Gasteiger partial charge is 0.307 e. The molecule has 3 aromatic carbocycles. The zero-order chi connectivity index (χ0) is 16.1. The molecule has 0 radical (unpaired) electrons. The lowest BCUT2D eigenvalue weighted by molar-refractivity contribution is 0.259. The second kappa shape index (κ2) is 7.11. The average molecular weight is 367 g/mol. The SMILES string of the molecule is O=C(Nc1ccc(Br)cc1)N(c1ccccc1)c1ccccc1. The van der Waals surface area contributed by atoms with Crippen LogP contribution in [0.3, 0.4) is 0 Å². The molecule has 3 nitrogen and oxygen atoms in total. The summed E-state index contributed by atoms with van der Waals surface area (Å²) in [5.74, 6) is 0. The molecule has 0 spiro atoms. The molecule has 3 rings (SSSR count). The van der Waals surface area contributed by atoms with Gasteiger partial charge in [-0.05, 0) is 48.5 Å². The van der Waals surface area contributed by atoms with Crippen molar-refractivity contribution in [3.8, 4) is 0 Å². The molecule has 0 aliphatic carbocycles. The molecule has 114 valence electrons. The summed E-state index contributed by atoms with van der Waals surface area (Å²) in [6.07, 6.45) is 0. The van der Waals surface area contributed by atoms with Crippen molar-refractivity contribution < 1.29 is 4.79 Å². The van der Waals surface area contributed by atoms with E-state index >= 15 is 0 Å². The van der Waals surface area contributed by atoms with Crippen molar-refractivity contribution in [1.29, 1.82) is 0 Å². The van der Waals surface area contributed by atoms with Crippen molar-refractivity contribution >= 4 is 39.0 Å². The highest BCUT2D eigenvalue weighted by atomic mass is 79.9. The van der Waals surface area contributed by atoms with E-state index in [1.165, 1.54) is 0 Å². The maximum atomic E-state index is 12.8.